The van der Waals surface area contributed by atoms with Gasteiger partial charge in [0.15, 0.2) is 0 Å². The molecule has 4 rings (SSSR count). The average molecular weight is 395 g/mol. The largest absolute Gasteiger partial charge is 0.417 e. The third kappa shape index (κ3) is 3.74. The van der Waals surface area contributed by atoms with Gasteiger partial charge >= 0.3 is 6.18 Å². The number of hydrogen-bond donors (Lipinski definition) is 1. The summed E-state index contributed by atoms with van der Waals surface area (Å²) in [6.45, 7) is 0.785. The molecule has 1 N–H and O–H groups in total. The van der Waals surface area contributed by atoms with Gasteiger partial charge in [0.25, 0.3) is 0 Å². The van der Waals surface area contributed by atoms with Crippen molar-refractivity contribution in [1.29, 1.82) is 0 Å². The van der Waals surface area contributed by atoms with E-state index in [0.29, 0.717) is 6.04 Å². The third-order valence-electron chi connectivity index (χ3n) is 4.96. The van der Waals surface area contributed by atoms with E-state index in [-0.39, 0.29) is 16.7 Å². The maximum atomic E-state index is 13.1. The van der Waals surface area contributed by atoms with Crippen LogP contribution in [-0.2, 0) is 6.18 Å². The molecule has 1 aliphatic heterocycles. The quantitative estimate of drug-likeness (QED) is 0.728. The molecule has 8 heteroatoms. The van der Waals surface area contributed by atoms with Gasteiger partial charge in [0.05, 0.1) is 10.6 Å². The van der Waals surface area contributed by atoms with Crippen molar-refractivity contribution in [1.82, 2.24) is 9.97 Å². The van der Waals surface area contributed by atoms with Crippen LogP contribution in [0.5, 0.6) is 0 Å². The van der Waals surface area contributed by atoms with Gasteiger partial charge in [0.1, 0.15) is 5.82 Å². The molecule has 142 valence electrons. The summed E-state index contributed by atoms with van der Waals surface area (Å²) in [6, 6.07) is 4.12. The first-order valence-electron chi connectivity index (χ1n) is 8.86. The van der Waals surface area contributed by atoms with E-state index in [2.05, 4.69) is 26.3 Å². The zero-order chi connectivity index (χ0) is 19.0. The molecule has 0 saturated heterocycles. The number of fused-ring (bicyclic) bond motifs is 1. The van der Waals surface area contributed by atoms with Crippen molar-refractivity contribution in [2.45, 2.75) is 37.9 Å². The van der Waals surface area contributed by atoms with E-state index >= 15 is 0 Å². The standard InChI is InChI=1S/C19H18ClF3N4/c20-16-8-7-13(10-15(16)19(21,22)23)25-18-24-11-12-4-3-9-27(17(12)26-18)14-5-1-2-6-14/h3-4,7-8,10-11,14H,1-2,5-6,9H2,(H,24,25,26). The molecule has 1 aliphatic carbocycles. The highest BCUT2D eigenvalue weighted by molar-refractivity contribution is 6.31. The van der Waals surface area contributed by atoms with Crippen molar-refractivity contribution in [3.63, 3.8) is 0 Å². The molecule has 2 aromatic rings. The summed E-state index contributed by atoms with van der Waals surface area (Å²) in [5.74, 6) is 1.09. The first-order chi connectivity index (χ1) is 12.9. The van der Waals surface area contributed by atoms with Crippen molar-refractivity contribution in [2.24, 2.45) is 0 Å². The molecule has 2 heterocycles. The molecule has 4 nitrogen and oxygen atoms in total. The van der Waals surface area contributed by atoms with Crippen molar-refractivity contribution in [3.05, 3.63) is 46.6 Å². The highest BCUT2D eigenvalue weighted by Gasteiger charge is 2.33. The van der Waals surface area contributed by atoms with E-state index in [1.165, 1.54) is 25.0 Å². The summed E-state index contributed by atoms with van der Waals surface area (Å²) in [5.41, 5.74) is 0.277. The number of nitrogens with zero attached hydrogens (tertiary/aromatic N) is 3. The molecule has 2 aliphatic rings. The predicted molar refractivity (Wildman–Crippen MR) is 100 cm³/mol. The number of hydrogen-bond acceptors (Lipinski definition) is 4. The van der Waals surface area contributed by atoms with Crippen molar-refractivity contribution in [3.8, 4) is 0 Å². The summed E-state index contributed by atoms with van der Waals surface area (Å²) < 4.78 is 39.2. The lowest BCUT2D eigenvalue weighted by molar-refractivity contribution is -0.137. The first kappa shape index (κ1) is 18.1. The highest BCUT2D eigenvalue weighted by Crippen LogP contribution is 2.37. The maximum Gasteiger partial charge on any atom is 0.417 e. The summed E-state index contributed by atoms with van der Waals surface area (Å²) in [5, 5.41) is 2.54. The molecule has 0 unspecified atom stereocenters. The van der Waals surface area contributed by atoms with E-state index in [1.807, 2.05) is 6.08 Å². The summed E-state index contributed by atoms with van der Waals surface area (Å²) >= 11 is 5.68. The van der Waals surface area contributed by atoms with Crippen LogP contribution in [-0.4, -0.2) is 22.6 Å². The predicted octanol–water partition coefficient (Wildman–Crippen LogP) is 5.67. The van der Waals surface area contributed by atoms with Gasteiger partial charge in [-0.15, -0.1) is 0 Å². The first-order valence-corrected chi connectivity index (χ1v) is 9.23. The topological polar surface area (TPSA) is 41.1 Å². The van der Waals surface area contributed by atoms with Gasteiger partial charge in [-0.25, -0.2) is 4.98 Å². The third-order valence-corrected chi connectivity index (χ3v) is 5.29. The van der Waals surface area contributed by atoms with Crippen molar-refractivity contribution >= 4 is 35.1 Å². The monoisotopic (exact) mass is 394 g/mol. The van der Waals surface area contributed by atoms with Gasteiger partial charge in [-0.05, 0) is 31.0 Å². The lowest BCUT2D eigenvalue weighted by atomic mass is 10.1. The Kier molecular flexibility index (Phi) is 4.72. The molecule has 1 saturated carbocycles. The molecule has 0 radical (unpaired) electrons. The van der Waals surface area contributed by atoms with Crippen LogP contribution >= 0.6 is 11.6 Å². The normalized spacial score (nSPS) is 17.3. The number of nitrogens with one attached hydrogen (secondary N) is 1. The second-order valence-corrected chi connectivity index (χ2v) is 7.19. The van der Waals surface area contributed by atoms with E-state index in [9.17, 15) is 13.2 Å². The van der Waals surface area contributed by atoms with Crippen LogP contribution in [0.2, 0.25) is 5.02 Å². The van der Waals surface area contributed by atoms with E-state index in [1.54, 1.807) is 6.20 Å². The summed E-state index contributed by atoms with van der Waals surface area (Å²) in [7, 11) is 0. The Labute approximate surface area is 160 Å². The van der Waals surface area contributed by atoms with Crippen molar-refractivity contribution in [2.75, 3.05) is 16.8 Å². The molecule has 1 aromatic carbocycles. The minimum atomic E-state index is -4.52. The van der Waals surface area contributed by atoms with Crippen LogP contribution in [0.3, 0.4) is 0 Å². The molecule has 0 atom stereocenters. The molecule has 0 spiro atoms. The molecular formula is C19H18ClF3N4. The van der Waals surface area contributed by atoms with Gasteiger partial charge in [-0.2, -0.15) is 18.2 Å². The number of rotatable bonds is 3. The number of benzene rings is 1. The molecular weight excluding hydrogens is 377 g/mol. The fourth-order valence-electron chi connectivity index (χ4n) is 3.66. The number of halogens is 4. The Bertz CT molecular complexity index is 876. The molecule has 1 aromatic heterocycles. The van der Waals surface area contributed by atoms with Crippen LogP contribution in [0, 0.1) is 0 Å². The molecule has 0 bridgehead atoms. The minimum absolute atomic E-state index is 0.241. The Morgan fingerprint density at radius 3 is 2.70 bits per heavy atom. The smallest absolute Gasteiger partial charge is 0.349 e. The Hall–Kier alpha value is -2.28. The average Bonchev–Trinajstić information content (AvgIpc) is 3.16. The van der Waals surface area contributed by atoms with Crippen LogP contribution in [0.1, 0.15) is 36.8 Å². The van der Waals surface area contributed by atoms with E-state index < -0.39 is 11.7 Å². The lowest BCUT2D eigenvalue weighted by Gasteiger charge is -2.32. The van der Waals surface area contributed by atoms with E-state index in [4.69, 9.17) is 11.6 Å². The van der Waals surface area contributed by atoms with Gasteiger partial charge < -0.3 is 10.2 Å². The molecule has 1 fully saturated rings. The molecule has 0 amide bonds. The SMILES string of the molecule is FC(F)(F)c1cc(Nc2ncc3c(n2)N(C2CCCC2)CC=C3)ccc1Cl. The van der Waals surface area contributed by atoms with Gasteiger partial charge in [-0.1, -0.05) is 36.6 Å². The fraction of sp³-hybridized carbons (Fsp3) is 0.368. The lowest BCUT2D eigenvalue weighted by Crippen LogP contribution is -2.36. The zero-order valence-corrected chi connectivity index (χ0v) is 15.2. The molecule has 27 heavy (non-hydrogen) atoms. The minimum Gasteiger partial charge on any atom is -0.349 e. The Morgan fingerprint density at radius 2 is 1.96 bits per heavy atom. The summed E-state index contributed by atoms with van der Waals surface area (Å²) in [6.07, 6.45) is 5.93. The highest BCUT2D eigenvalue weighted by atomic mass is 35.5. The number of anilines is 3. The maximum absolute atomic E-state index is 13.1. The van der Waals surface area contributed by atoms with Crippen LogP contribution in [0.15, 0.2) is 30.5 Å². The van der Waals surface area contributed by atoms with Crippen LogP contribution in [0.25, 0.3) is 6.08 Å². The fourth-order valence-corrected chi connectivity index (χ4v) is 3.88. The van der Waals surface area contributed by atoms with Crippen LogP contribution < -0.4 is 10.2 Å². The van der Waals surface area contributed by atoms with Crippen molar-refractivity contribution < 1.29 is 13.2 Å². The zero-order valence-electron chi connectivity index (χ0n) is 14.4. The Morgan fingerprint density at radius 1 is 1.19 bits per heavy atom. The van der Waals surface area contributed by atoms with Crippen LogP contribution in [0.4, 0.5) is 30.6 Å². The van der Waals surface area contributed by atoms with Gasteiger partial charge in [-0.3, -0.25) is 0 Å². The van der Waals surface area contributed by atoms with Gasteiger partial charge in [0, 0.05) is 30.0 Å². The second kappa shape index (κ2) is 7.03. The number of alkyl halides is 3. The van der Waals surface area contributed by atoms with Gasteiger partial charge in [0.2, 0.25) is 5.95 Å². The number of aromatic nitrogens is 2. The Balaban J connectivity index is 1.62. The van der Waals surface area contributed by atoms with E-state index in [0.717, 1.165) is 36.8 Å². The summed E-state index contributed by atoms with van der Waals surface area (Å²) in [4.78, 5) is 11.1. The second-order valence-electron chi connectivity index (χ2n) is 6.78.